The Morgan fingerprint density at radius 2 is 0.852 bits per heavy atom. The second-order valence-electron chi connectivity index (χ2n) is 5.37. The topological polar surface area (TPSA) is 0 Å². The minimum absolute atomic E-state index is 0. The predicted molar refractivity (Wildman–Crippen MR) is 94.9 cm³/mol. The van der Waals surface area contributed by atoms with E-state index in [1.807, 2.05) is 60.7 Å². The van der Waals surface area contributed by atoms with Crippen LogP contribution in [0.15, 0.2) is 97.1 Å². The molecule has 0 fully saturated rings. The van der Waals surface area contributed by atoms with E-state index in [9.17, 15) is 8.78 Å². The number of hydrogen-bond donors (Lipinski definition) is 0. The molecule has 0 aliphatic carbocycles. The fraction of sp³-hybridized carbons (Fsp3) is 0. The zero-order chi connectivity index (χ0) is 16.8. The van der Waals surface area contributed by atoms with Crippen molar-refractivity contribution in [3.05, 3.63) is 109 Å². The van der Waals surface area contributed by atoms with Gasteiger partial charge in [-0.05, 0) is 12.1 Å². The quantitative estimate of drug-likeness (QED) is 0.244. The second-order valence-corrected chi connectivity index (χ2v) is 5.37. The molecule has 0 aliphatic heterocycles. The van der Waals surface area contributed by atoms with Crippen LogP contribution in [0.2, 0.25) is 0 Å². The van der Waals surface area contributed by atoms with Crippen molar-refractivity contribution in [3.63, 3.8) is 0 Å². The Balaban J connectivity index is 0.000000451. The zero-order valence-electron chi connectivity index (χ0n) is 14.2. The minimum Gasteiger partial charge on any atom is -1.00 e. The number of halogens is 4. The molecule has 0 amide bonds. The molecule has 4 aromatic carbocycles. The summed E-state index contributed by atoms with van der Waals surface area (Å²) < 4.78 is 25.5. The molecule has 0 atom stereocenters. The molecule has 0 saturated heterocycles. The molecular weight excluding hydrogens is 552 g/mol. The van der Waals surface area contributed by atoms with Crippen LogP contribution in [0.1, 0.15) is 0 Å². The molecule has 27 heavy (non-hydrogen) atoms. The average Bonchev–Trinajstić information content (AvgIpc) is 3.29. The van der Waals surface area contributed by atoms with Crippen LogP contribution in [0.3, 0.4) is 0 Å². The van der Waals surface area contributed by atoms with Crippen LogP contribution in [-0.2, 0) is 25.8 Å². The monoisotopic (exact) mass is 568 g/mol. The first-order chi connectivity index (χ1) is 11.7. The zero-order valence-corrected chi connectivity index (χ0v) is 19.4. The molecule has 0 unspecified atom stereocenters. The van der Waals surface area contributed by atoms with Crippen LogP contribution < -0.4 is 24.8 Å². The third-order valence-corrected chi connectivity index (χ3v) is 3.64. The predicted octanol–water partition coefficient (Wildman–Crippen LogP) is 0.429. The molecule has 136 valence electrons. The van der Waals surface area contributed by atoms with Gasteiger partial charge in [-0.2, -0.15) is 24.3 Å². The summed E-state index contributed by atoms with van der Waals surface area (Å²) in [5.41, 5.74) is 3.99. The molecule has 0 radical (unpaired) electrons. The van der Waals surface area contributed by atoms with Crippen LogP contribution in [0.5, 0.6) is 0 Å². The first-order valence-corrected chi connectivity index (χ1v) is 7.68. The Morgan fingerprint density at radius 1 is 0.519 bits per heavy atom. The fourth-order valence-corrected chi connectivity index (χ4v) is 2.47. The maximum atomic E-state index is 12.8. The van der Waals surface area contributed by atoms with Crippen LogP contribution in [0, 0.1) is 11.6 Å². The summed E-state index contributed by atoms with van der Waals surface area (Å²) in [5, 5.41) is 0. The van der Waals surface area contributed by atoms with E-state index < -0.39 is 0 Å². The molecule has 0 nitrogen and oxygen atoms in total. The summed E-state index contributed by atoms with van der Waals surface area (Å²) >= 11 is 0. The third-order valence-electron chi connectivity index (χ3n) is 3.64. The number of hydrogen-bond acceptors (Lipinski definition) is 0. The van der Waals surface area contributed by atoms with Crippen LogP contribution in [0.25, 0.3) is 22.3 Å². The Bertz CT molecular complexity index is 813. The molecule has 5 heteroatoms. The van der Waals surface area contributed by atoms with E-state index in [0.29, 0.717) is 0 Å². The Morgan fingerprint density at radius 3 is 1.15 bits per heavy atom. The summed E-state index contributed by atoms with van der Waals surface area (Å²) in [6.07, 6.45) is 0. The van der Waals surface area contributed by atoms with Gasteiger partial charge in [-0.25, -0.2) is 8.78 Å². The summed E-state index contributed by atoms with van der Waals surface area (Å²) in [6, 6.07) is 28.9. The van der Waals surface area contributed by atoms with Gasteiger partial charge in [-0.1, -0.05) is 35.4 Å². The molecule has 0 saturated carbocycles. The van der Waals surface area contributed by atoms with Gasteiger partial charge in [0.25, 0.3) is 0 Å². The van der Waals surface area contributed by atoms with Gasteiger partial charge in [0.05, 0.1) is 11.6 Å². The van der Waals surface area contributed by atoms with Crippen molar-refractivity contribution in [2.75, 3.05) is 0 Å². The molecule has 0 bridgehead atoms. The second kappa shape index (κ2) is 12.8. The summed E-state index contributed by atoms with van der Waals surface area (Å²) in [4.78, 5) is 0. The molecule has 0 aliphatic rings. The summed E-state index contributed by atoms with van der Waals surface area (Å²) in [6.45, 7) is 0. The maximum absolute atomic E-state index is 12.8. The van der Waals surface area contributed by atoms with Gasteiger partial charge in [0.15, 0.2) is 0 Å². The molecular formula is C22H16Cl2F2Hf. The first-order valence-electron chi connectivity index (χ1n) is 7.68. The van der Waals surface area contributed by atoms with Gasteiger partial charge < -0.3 is 24.8 Å². The van der Waals surface area contributed by atoms with E-state index in [1.54, 1.807) is 12.1 Å². The molecule has 4 aromatic rings. The van der Waals surface area contributed by atoms with E-state index in [0.717, 1.165) is 22.3 Å². The van der Waals surface area contributed by atoms with Gasteiger partial charge >= 0.3 is 25.8 Å². The SMILES string of the molecule is Fc1cccc(-[c-]2cccc2)c1.Fc1cccc(-[c-]2cccc2)c1.[Cl-].[Cl-].[Hf+4]. The van der Waals surface area contributed by atoms with Crippen molar-refractivity contribution in [3.8, 4) is 22.3 Å². The average molecular weight is 568 g/mol. The largest absolute Gasteiger partial charge is 4.00 e. The molecule has 0 N–H and O–H groups in total. The van der Waals surface area contributed by atoms with Gasteiger partial charge in [0, 0.05) is 0 Å². The van der Waals surface area contributed by atoms with Crippen molar-refractivity contribution < 1.29 is 59.4 Å². The van der Waals surface area contributed by atoms with Crippen molar-refractivity contribution in [2.45, 2.75) is 0 Å². The molecule has 0 spiro atoms. The first kappa shape index (κ1) is 25.5. The molecule has 0 heterocycles. The van der Waals surface area contributed by atoms with Crippen molar-refractivity contribution in [1.29, 1.82) is 0 Å². The normalized spacial score (nSPS) is 8.96. The Kier molecular flexibility index (Phi) is 12.0. The van der Waals surface area contributed by atoms with Gasteiger partial charge in [0.2, 0.25) is 0 Å². The standard InChI is InChI=1S/2C11H8F.2ClH.Hf/c2*12-11-7-3-6-10(8-11)9-4-1-2-5-9;;;/h2*1-8H;2*1H;/q2*-1;;;+4/p-2. The summed E-state index contributed by atoms with van der Waals surface area (Å²) in [7, 11) is 0. The number of rotatable bonds is 2. The Hall–Kier alpha value is -1.55. The van der Waals surface area contributed by atoms with Crippen LogP contribution in [0.4, 0.5) is 8.78 Å². The van der Waals surface area contributed by atoms with Gasteiger partial charge in [-0.3, -0.25) is 0 Å². The van der Waals surface area contributed by atoms with Crippen molar-refractivity contribution >= 4 is 0 Å². The van der Waals surface area contributed by atoms with E-state index in [2.05, 4.69) is 0 Å². The van der Waals surface area contributed by atoms with E-state index in [-0.39, 0.29) is 62.3 Å². The van der Waals surface area contributed by atoms with Gasteiger partial charge in [0.1, 0.15) is 0 Å². The third kappa shape index (κ3) is 7.53. The van der Waals surface area contributed by atoms with Crippen molar-refractivity contribution in [1.82, 2.24) is 0 Å². The van der Waals surface area contributed by atoms with E-state index >= 15 is 0 Å². The maximum Gasteiger partial charge on any atom is 4.00 e. The van der Waals surface area contributed by atoms with Gasteiger partial charge in [-0.15, -0.1) is 47.5 Å². The van der Waals surface area contributed by atoms with Crippen molar-refractivity contribution in [2.24, 2.45) is 0 Å². The van der Waals surface area contributed by atoms with Crippen LogP contribution >= 0.6 is 0 Å². The van der Waals surface area contributed by atoms with Crippen LogP contribution in [-0.4, -0.2) is 0 Å². The van der Waals surface area contributed by atoms with E-state index in [1.165, 1.54) is 24.3 Å². The Labute approximate surface area is 189 Å². The minimum atomic E-state index is -0.186. The van der Waals surface area contributed by atoms with E-state index in [4.69, 9.17) is 0 Å². The number of benzene rings is 2. The molecule has 4 rings (SSSR count). The molecule has 0 aromatic heterocycles. The summed E-state index contributed by atoms with van der Waals surface area (Å²) in [5.74, 6) is -0.373. The smallest absolute Gasteiger partial charge is 1.00 e. The fourth-order valence-electron chi connectivity index (χ4n) is 2.47.